The molecule has 1 fully saturated rings. The third-order valence-corrected chi connectivity index (χ3v) is 5.46. The summed E-state index contributed by atoms with van der Waals surface area (Å²) in [6.45, 7) is 10.3. The molecule has 1 aliphatic rings. The SMILES string of the molecule is C=CCc1c(C)nc2c(-c3ccccc3)cnn2c1N1CC[NH+](CC#N)CC1. The van der Waals surface area contributed by atoms with Gasteiger partial charge in [-0.2, -0.15) is 14.9 Å². The predicted molar refractivity (Wildman–Crippen MR) is 110 cm³/mol. The summed E-state index contributed by atoms with van der Waals surface area (Å²) in [6.07, 6.45) is 4.60. The van der Waals surface area contributed by atoms with Gasteiger partial charge in [-0.25, -0.2) is 4.98 Å². The summed E-state index contributed by atoms with van der Waals surface area (Å²) in [6, 6.07) is 12.6. The van der Waals surface area contributed by atoms with Gasteiger partial charge in [-0.05, 0) is 18.9 Å². The summed E-state index contributed by atoms with van der Waals surface area (Å²) in [5.41, 5.74) is 5.25. The zero-order valence-corrected chi connectivity index (χ0v) is 16.2. The summed E-state index contributed by atoms with van der Waals surface area (Å²) in [5, 5.41) is 13.7. The molecule has 6 nitrogen and oxygen atoms in total. The molecule has 0 amide bonds. The molecule has 1 N–H and O–H groups in total. The number of rotatable bonds is 5. The van der Waals surface area contributed by atoms with Crippen molar-refractivity contribution in [1.29, 1.82) is 5.26 Å². The first-order chi connectivity index (χ1) is 13.7. The number of nitrogens with one attached hydrogen (secondary N) is 1. The van der Waals surface area contributed by atoms with Gasteiger partial charge in [0.25, 0.3) is 0 Å². The fraction of sp³-hybridized carbons (Fsp3) is 0.318. The highest BCUT2D eigenvalue weighted by atomic mass is 15.4. The van der Waals surface area contributed by atoms with Gasteiger partial charge in [-0.15, -0.1) is 6.58 Å². The highest BCUT2D eigenvalue weighted by Crippen LogP contribution is 2.30. The van der Waals surface area contributed by atoms with Crippen LogP contribution in [0.15, 0.2) is 49.2 Å². The number of hydrogen-bond acceptors (Lipinski definition) is 4. The predicted octanol–water partition coefficient (Wildman–Crippen LogP) is 1.66. The van der Waals surface area contributed by atoms with Crippen LogP contribution in [0, 0.1) is 18.3 Å². The fourth-order valence-corrected chi connectivity index (χ4v) is 3.97. The molecule has 1 aromatic carbocycles. The van der Waals surface area contributed by atoms with Gasteiger partial charge in [0, 0.05) is 16.8 Å². The highest BCUT2D eigenvalue weighted by Gasteiger charge is 2.26. The lowest BCUT2D eigenvalue weighted by Crippen LogP contribution is -3.14. The molecule has 4 rings (SSSR count). The van der Waals surface area contributed by atoms with Crippen LogP contribution in [-0.2, 0) is 6.42 Å². The minimum Gasteiger partial charge on any atom is -0.345 e. The number of hydrogen-bond donors (Lipinski definition) is 1. The van der Waals surface area contributed by atoms with Gasteiger partial charge in [0.2, 0.25) is 0 Å². The molecule has 1 aliphatic heterocycles. The van der Waals surface area contributed by atoms with E-state index in [2.05, 4.69) is 36.6 Å². The van der Waals surface area contributed by atoms with Crippen molar-refractivity contribution in [1.82, 2.24) is 14.6 Å². The van der Waals surface area contributed by atoms with Crippen LogP contribution >= 0.6 is 0 Å². The van der Waals surface area contributed by atoms with E-state index in [0.717, 1.165) is 60.9 Å². The largest absolute Gasteiger partial charge is 0.345 e. The van der Waals surface area contributed by atoms with E-state index in [-0.39, 0.29) is 0 Å². The molecule has 6 heteroatoms. The second-order valence-corrected chi connectivity index (χ2v) is 7.22. The maximum atomic E-state index is 8.99. The van der Waals surface area contributed by atoms with Crippen molar-refractivity contribution in [3.05, 3.63) is 60.4 Å². The number of fused-ring (bicyclic) bond motifs is 1. The smallest absolute Gasteiger partial charge is 0.165 e. The quantitative estimate of drug-likeness (QED) is 0.546. The average Bonchev–Trinajstić information content (AvgIpc) is 3.13. The number of anilines is 1. The van der Waals surface area contributed by atoms with E-state index in [1.54, 1.807) is 0 Å². The molecule has 142 valence electrons. The molecule has 0 aliphatic carbocycles. The van der Waals surface area contributed by atoms with Crippen LogP contribution in [-0.4, -0.2) is 47.3 Å². The van der Waals surface area contributed by atoms with Gasteiger partial charge in [0.1, 0.15) is 11.9 Å². The number of quaternary nitrogens is 1. The van der Waals surface area contributed by atoms with Crippen LogP contribution in [0.1, 0.15) is 11.3 Å². The van der Waals surface area contributed by atoms with Crippen molar-refractivity contribution in [2.45, 2.75) is 13.3 Å². The topological polar surface area (TPSA) is 61.7 Å². The van der Waals surface area contributed by atoms with Crippen molar-refractivity contribution >= 4 is 11.5 Å². The maximum absolute atomic E-state index is 8.99. The molecule has 0 radical (unpaired) electrons. The lowest BCUT2D eigenvalue weighted by molar-refractivity contribution is -0.893. The number of nitriles is 1. The number of allylic oxidation sites excluding steroid dienone is 1. The summed E-state index contributed by atoms with van der Waals surface area (Å²) < 4.78 is 1.99. The number of aromatic nitrogens is 3. The monoisotopic (exact) mass is 373 g/mol. The van der Waals surface area contributed by atoms with Gasteiger partial charge in [-0.3, -0.25) is 0 Å². The van der Waals surface area contributed by atoms with E-state index >= 15 is 0 Å². The molecule has 2 aromatic heterocycles. The average molecular weight is 373 g/mol. The van der Waals surface area contributed by atoms with Crippen molar-refractivity contribution in [3.63, 3.8) is 0 Å². The summed E-state index contributed by atoms with van der Waals surface area (Å²) >= 11 is 0. The third kappa shape index (κ3) is 3.25. The first-order valence-corrected chi connectivity index (χ1v) is 9.72. The first-order valence-electron chi connectivity index (χ1n) is 9.72. The Bertz CT molecular complexity index is 1020. The molecule has 0 saturated carbocycles. The van der Waals surface area contributed by atoms with Gasteiger partial charge in [-0.1, -0.05) is 36.4 Å². The second kappa shape index (κ2) is 7.83. The molecule has 3 heterocycles. The molecular weight excluding hydrogens is 348 g/mol. The summed E-state index contributed by atoms with van der Waals surface area (Å²) in [4.78, 5) is 8.64. The molecule has 0 spiro atoms. The fourth-order valence-electron chi connectivity index (χ4n) is 3.97. The van der Waals surface area contributed by atoms with Gasteiger partial charge >= 0.3 is 0 Å². The van der Waals surface area contributed by atoms with Crippen LogP contribution in [0.4, 0.5) is 5.82 Å². The third-order valence-electron chi connectivity index (χ3n) is 5.46. The molecule has 1 saturated heterocycles. The van der Waals surface area contributed by atoms with Crippen LogP contribution in [0.3, 0.4) is 0 Å². The van der Waals surface area contributed by atoms with E-state index < -0.39 is 0 Å². The standard InChI is InChI=1S/C22H24N6/c1-3-7-19-17(2)25-21-20(18-8-5-4-6-9-18)16-24-28(21)22(19)27-14-12-26(11-10-23)13-15-27/h3-6,8-9,16H,1,7,11-15H2,2H3/p+1. The Balaban J connectivity index is 1.82. The number of nitrogens with zero attached hydrogens (tertiary/aromatic N) is 5. The van der Waals surface area contributed by atoms with Gasteiger partial charge in [0.05, 0.1) is 32.4 Å². The zero-order chi connectivity index (χ0) is 19.5. The van der Waals surface area contributed by atoms with E-state index in [9.17, 15) is 0 Å². The Morgan fingerprint density at radius 2 is 2.00 bits per heavy atom. The van der Waals surface area contributed by atoms with Gasteiger partial charge in [0.15, 0.2) is 12.2 Å². The van der Waals surface area contributed by atoms with Crippen molar-refractivity contribution < 1.29 is 4.90 Å². The van der Waals surface area contributed by atoms with Crippen molar-refractivity contribution in [2.75, 3.05) is 37.6 Å². The zero-order valence-electron chi connectivity index (χ0n) is 16.2. The van der Waals surface area contributed by atoms with E-state index in [4.69, 9.17) is 15.3 Å². The molecular formula is C22H25N6+. The molecule has 0 atom stereocenters. The summed E-state index contributed by atoms with van der Waals surface area (Å²) in [7, 11) is 0. The lowest BCUT2D eigenvalue weighted by atomic mass is 10.1. The first kappa shape index (κ1) is 18.2. The van der Waals surface area contributed by atoms with Crippen LogP contribution in [0.2, 0.25) is 0 Å². The molecule has 0 bridgehead atoms. The second-order valence-electron chi connectivity index (χ2n) is 7.22. The van der Waals surface area contributed by atoms with Gasteiger partial charge < -0.3 is 9.80 Å². The van der Waals surface area contributed by atoms with E-state index in [1.165, 1.54) is 10.5 Å². The minimum absolute atomic E-state index is 0.568. The number of aryl methyl sites for hydroxylation is 1. The van der Waals surface area contributed by atoms with Crippen molar-refractivity contribution in [3.8, 4) is 17.2 Å². The Morgan fingerprint density at radius 1 is 1.25 bits per heavy atom. The van der Waals surface area contributed by atoms with E-state index in [0.29, 0.717) is 6.54 Å². The Hall–Kier alpha value is -3.17. The minimum atomic E-state index is 0.568. The maximum Gasteiger partial charge on any atom is 0.165 e. The van der Waals surface area contributed by atoms with E-state index in [1.807, 2.05) is 35.0 Å². The Kier molecular flexibility index (Phi) is 5.09. The normalized spacial score (nSPS) is 14.9. The summed E-state index contributed by atoms with van der Waals surface area (Å²) in [5.74, 6) is 1.11. The highest BCUT2D eigenvalue weighted by molar-refractivity contribution is 5.79. The molecule has 28 heavy (non-hydrogen) atoms. The molecule has 0 unspecified atom stereocenters. The van der Waals surface area contributed by atoms with Crippen LogP contribution < -0.4 is 9.80 Å². The number of benzene rings is 1. The van der Waals surface area contributed by atoms with Crippen molar-refractivity contribution in [2.24, 2.45) is 0 Å². The van der Waals surface area contributed by atoms with Crippen LogP contribution in [0.5, 0.6) is 0 Å². The Morgan fingerprint density at radius 3 is 2.68 bits per heavy atom. The lowest BCUT2D eigenvalue weighted by Gasteiger charge is -2.34. The number of piperazine rings is 1. The Labute approximate surface area is 165 Å². The molecule has 3 aromatic rings. The van der Waals surface area contributed by atoms with Crippen LogP contribution in [0.25, 0.3) is 16.8 Å².